The van der Waals surface area contributed by atoms with Gasteiger partial charge in [-0.1, -0.05) is 46.5 Å². The predicted molar refractivity (Wildman–Crippen MR) is 85.0 cm³/mol. The van der Waals surface area contributed by atoms with Crippen molar-refractivity contribution in [3.05, 3.63) is 18.1 Å². The van der Waals surface area contributed by atoms with Crippen LogP contribution >= 0.6 is 0 Å². The summed E-state index contributed by atoms with van der Waals surface area (Å²) >= 11 is 0. The zero-order chi connectivity index (χ0) is 15.3. The van der Waals surface area contributed by atoms with Crippen molar-refractivity contribution in [3.8, 4) is 11.5 Å². The normalized spacial score (nSPS) is 14.3. The molecule has 0 saturated carbocycles. The summed E-state index contributed by atoms with van der Waals surface area (Å²) in [7, 11) is 2.03. The van der Waals surface area contributed by atoms with Gasteiger partial charge in [0.2, 0.25) is 0 Å². The molecule has 0 aromatic carbocycles. The van der Waals surface area contributed by atoms with Gasteiger partial charge in [0.25, 0.3) is 0 Å². The van der Waals surface area contributed by atoms with Crippen LogP contribution in [0.25, 0.3) is 11.5 Å². The molecule has 2 aromatic rings. The monoisotopic (exact) mass is 289 g/mol. The number of nitrogens with one attached hydrogen (secondary N) is 1. The molecule has 0 fully saturated rings. The quantitative estimate of drug-likeness (QED) is 0.751. The number of hydrogen-bond donors (Lipinski definition) is 1. The second-order valence-corrected chi connectivity index (χ2v) is 6.14. The number of aryl methyl sites for hydroxylation is 1. The fourth-order valence-corrected chi connectivity index (χ4v) is 3.18. The lowest BCUT2D eigenvalue weighted by atomic mass is 9.77. The van der Waals surface area contributed by atoms with E-state index in [2.05, 4.69) is 47.1 Å². The minimum Gasteiger partial charge on any atom is -0.326 e. The van der Waals surface area contributed by atoms with E-state index in [-0.39, 0.29) is 5.41 Å². The maximum atomic E-state index is 4.61. The molecule has 1 unspecified atom stereocenters. The molecule has 0 radical (unpaired) electrons. The van der Waals surface area contributed by atoms with E-state index in [1.165, 1.54) is 44.2 Å². The average Bonchev–Trinajstić information content (AvgIpc) is 3.08. The molecule has 0 spiro atoms. The Labute approximate surface area is 127 Å². The Morgan fingerprint density at radius 3 is 2.62 bits per heavy atom. The Bertz CT molecular complexity index is 543. The molecule has 0 bridgehead atoms. The molecule has 21 heavy (non-hydrogen) atoms. The SMILES string of the molecule is CCCCCC(C)(CCC)c1cc(-c2nnc[nH]2)nn1C. The number of aromatic amines is 1. The number of nitrogens with zero attached hydrogens (tertiary/aromatic N) is 4. The Balaban J connectivity index is 2.27. The summed E-state index contributed by atoms with van der Waals surface area (Å²) in [5.74, 6) is 0.740. The van der Waals surface area contributed by atoms with Crippen molar-refractivity contribution in [2.75, 3.05) is 0 Å². The summed E-state index contributed by atoms with van der Waals surface area (Å²) < 4.78 is 2.01. The van der Waals surface area contributed by atoms with Crippen molar-refractivity contribution >= 4 is 0 Å². The van der Waals surface area contributed by atoms with Gasteiger partial charge in [0.05, 0.1) is 0 Å². The third-order valence-corrected chi connectivity index (χ3v) is 4.29. The van der Waals surface area contributed by atoms with Crippen LogP contribution < -0.4 is 0 Å². The van der Waals surface area contributed by atoms with Crippen LogP contribution in [-0.4, -0.2) is 25.0 Å². The van der Waals surface area contributed by atoms with Crippen molar-refractivity contribution in [1.82, 2.24) is 25.0 Å². The van der Waals surface area contributed by atoms with E-state index in [4.69, 9.17) is 0 Å². The number of H-pyrrole nitrogens is 1. The standard InChI is InChI=1S/C16H27N5/c1-5-7-8-10-16(3,9-6-2)14-11-13(20-21(14)4)15-17-12-18-19-15/h11-12H,5-10H2,1-4H3,(H,17,18,19). The van der Waals surface area contributed by atoms with E-state index in [0.29, 0.717) is 0 Å². The molecular formula is C16H27N5. The highest BCUT2D eigenvalue weighted by molar-refractivity contribution is 5.49. The maximum Gasteiger partial charge on any atom is 0.181 e. The van der Waals surface area contributed by atoms with Crippen LogP contribution in [0.3, 0.4) is 0 Å². The minimum atomic E-state index is 0.184. The third kappa shape index (κ3) is 3.52. The van der Waals surface area contributed by atoms with Gasteiger partial charge in [-0.3, -0.25) is 4.68 Å². The molecule has 5 heteroatoms. The summed E-state index contributed by atoms with van der Waals surface area (Å²) in [5.41, 5.74) is 2.36. The highest BCUT2D eigenvalue weighted by atomic mass is 15.3. The van der Waals surface area contributed by atoms with E-state index >= 15 is 0 Å². The zero-order valence-corrected chi connectivity index (χ0v) is 13.7. The highest BCUT2D eigenvalue weighted by Crippen LogP contribution is 2.35. The van der Waals surface area contributed by atoms with Gasteiger partial charge in [-0.25, -0.2) is 0 Å². The van der Waals surface area contributed by atoms with Gasteiger partial charge in [-0.05, 0) is 18.9 Å². The summed E-state index contributed by atoms with van der Waals surface area (Å²) in [5, 5.41) is 12.5. The zero-order valence-electron chi connectivity index (χ0n) is 13.7. The van der Waals surface area contributed by atoms with Crippen LogP contribution in [0.15, 0.2) is 12.4 Å². The Hall–Kier alpha value is -1.65. The molecule has 1 N–H and O–H groups in total. The number of hydrogen-bond acceptors (Lipinski definition) is 3. The first-order valence-electron chi connectivity index (χ1n) is 8.01. The van der Waals surface area contributed by atoms with Crippen LogP contribution in [-0.2, 0) is 12.5 Å². The van der Waals surface area contributed by atoms with Crippen molar-refractivity contribution in [2.45, 2.75) is 64.7 Å². The maximum absolute atomic E-state index is 4.61. The van der Waals surface area contributed by atoms with Gasteiger partial charge >= 0.3 is 0 Å². The molecular weight excluding hydrogens is 262 g/mol. The first-order chi connectivity index (χ1) is 10.1. The van der Waals surface area contributed by atoms with Crippen LogP contribution in [0.2, 0.25) is 0 Å². The van der Waals surface area contributed by atoms with Crippen molar-refractivity contribution in [1.29, 1.82) is 0 Å². The minimum absolute atomic E-state index is 0.184. The number of aromatic nitrogens is 5. The molecule has 0 aliphatic carbocycles. The van der Waals surface area contributed by atoms with E-state index in [0.717, 1.165) is 11.5 Å². The topological polar surface area (TPSA) is 59.4 Å². The van der Waals surface area contributed by atoms with E-state index < -0.39 is 0 Å². The van der Waals surface area contributed by atoms with Crippen molar-refractivity contribution in [2.24, 2.45) is 7.05 Å². The number of unbranched alkanes of at least 4 members (excludes halogenated alkanes) is 2. The third-order valence-electron chi connectivity index (χ3n) is 4.29. The first kappa shape index (κ1) is 15.7. The average molecular weight is 289 g/mol. The fraction of sp³-hybridized carbons (Fsp3) is 0.688. The predicted octanol–water partition coefficient (Wildman–Crippen LogP) is 3.84. The molecule has 0 aliphatic heterocycles. The lowest BCUT2D eigenvalue weighted by molar-refractivity contribution is 0.355. The molecule has 0 saturated heterocycles. The Morgan fingerprint density at radius 2 is 2.00 bits per heavy atom. The van der Waals surface area contributed by atoms with Crippen molar-refractivity contribution in [3.63, 3.8) is 0 Å². The Morgan fingerprint density at radius 1 is 1.19 bits per heavy atom. The largest absolute Gasteiger partial charge is 0.326 e. The lowest BCUT2D eigenvalue weighted by Crippen LogP contribution is -2.25. The summed E-state index contributed by atoms with van der Waals surface area (Å²) in [6.45, 7) is 6.88. The second-order valence-electron chi connectivity index (χ2n) is 6.14. The molecule has 2 rings (SSSR count). The molecule has 116 valence electrons. The second kappa shape index (κ2) is 6.87. The van der Waals surface area contributed by atoms with Gasteiger partial charge in [0.1, 0.15) is 12.0 Å². The molecule has 2 aromatic heterocycles. The van der Waals surface area contributed by atoms with Gasteiger partial charge in [0, 0.05) is 18.2 Å². The van der Waals surface area contributed by atoms with Crippen molar-refractivity contribution < 1.29 is 0 Å². The Kier molecular flexibility index (Phi) is 5.15. The summed E-state index contributed by atoms with van der Waals surface area (Å²) in [4.78, 5) is 3.03. The smallest absolute Gasteiger partial charge is 0.181 e. The van der Waals surface area contributed by atoms with E-state index in [1.54, 1.807) is 6.33 Å². The van der Waals surface area contributed by atoms with Gasteiger partial charge in [-0.15, -0.1) is 10.2 Å². The molecule has 2 heterocycles. The molecule has 0 amide bonds. The first-order valence-corrected chi connectivity index (χ1v) is 8.01. The van der Waals surface area contributed by atoms with Gasteiger partial charge in [0.15, 0.2) is 5.82 Å². The van der Waals surface area contributed by atoms with E-state index in [9.17, 15) is 0 Å². The molecule has 0 aliphatic rings. The summed E-state index contributed by atoms with van der Waals surface area (Å²) in [6, 6.07) is 2.17. The fourth-order valence-electron chi connectivity index (χ4n) is 3.18. The van der Waals surface area contributed by atoms with Crippen LogP contribution in [0.4, 0.5) is 0 Å². The van der Waals surface area contributed by atoms with Gasteiger partial charge < -0.3 is 4.98 Å². The van der Waals surface area contributed by atoms with Crippen LogP contribution in [0.1, 0.15) is 65.0 Å². The summed E-state index contributed by atoms with van der Waals surface area (Å²) in [6.07, 6.45) is 9.01. The van der Waals surface area contributed by atoms with Crippen LogP contribution in [0, 0.1) is 0 Å². The lowest BCUT2D eigenvalue weighted by Gasteiger charge is -2.29. The molecule has 5 nitrogen and oxygen atoms in total. The van der Waals surface area contributed by atoms with E-state index in [1.807, 2.05) is 11.7 Å². The number of rotatable bonds is 8. The highest BCUT2D eigenvalue weighted by Gasteiger charge is 2.29. The van der Waals surface area contributed by atoms with Gasteiger partial charge in [-0.2, -0.15) is 5.10 Å². The molecule has 1 atom stereocenters. The van der Waals surface area contributed by atoms with Crippen LogP contribution in [0.5, 0.6) is 0 Å².